The van der Waals surface area contributed by atoms with Crippen LogP contribution in [-0.2, 0) is 16.0 Å². The van der Waals surface area contributed by atoms with E-state index in [0.717, 1.165) is 11.1 Å². The van der Waals surface area contributed by atoms with E-state index in [1.165, 1.54) is 0 Å². The summed E-state index contributed by atoms with van der Waals surface area (Å²) in [7, 11) is 3.18. The second-order valence-electron chi connectivity index (χ2n) is 8.73. The summed E-state index contributed by atoms with van der Waals surface area (Å²) < 4.78 is 10.8. The van der Waals surface area contributed by atoms with Crippen LogP contribution in [0.5, 0.6) is 11.5 Å². The Labute approximate surface area is 154 Å². The van der Waals surface area contributed by atoms with Crippen molar-refractivity contribution in [1.29, 1.82) is 0 Å². The number of methoxy groups -OCH3 is 2. The number of aliphatic imine (C=N–C) groups is 1. The monoisotopic (exact) mass is 357 g/mol. The summed E-state index contributed by atoms with van der Waals surface area (Å²) in [6.45, 7) is 7.98. The fraction of sp³-hybridized carbons (Fsp3) is 0.571. The van der Waals surface area contributed by atoms with Crippen LogP contribution in [-0.4, -0.2) is 37.0 Å². The Bertz CT molecular complexity index is 784. The zero-order valence-electron chi connectivity index (χ0n) is 16.4. The van der Waals surface area contributed by atoms with E-state index in [4.69, 9.17) is 14.5 Å². The van der Waals surface area contributed by atoms with E-state index in [0.29, 0.717) is 36.5 Å². The molecule has 140 valence electrons. The number of carbonyl (C=O) groups is 2. The first-order valence-corrected chi connectivity index (χ1v) is 8.97. The molecule has 0 aromatic heterocycles. The molecule has 1 aromatic rings. The molecule has 1 aromatic carbocycles. The van der Waals surface area contributed by atoms with Gasteiger partial charge in [0.05, 0.1) is 25.5 Å². The number of Topliss-reactive ketones (excluding diaryl/α,β-unsaturated/α-hetero) is 2. The number of hydrogen-bond donors (Lipinski definition) is 0. The van der Waals surface area contributed by atoms with Crippen molar-refractivity contribution < 1.29 is 19.1 Å². The third-order valence-electron chi connectivity index (χ3n) is 5.15. The Hall–Kier alpha value is -2.17. The SMILES string of the molecule is COc1cc2c(cc1OC)C(C1C(=O)CC(C)(C)CC1=O)=NC(C)(C)C2. The van der Waals surface area contributed by atoms with Crippen molar-refractivity contribution in [3.05, 3.63) is 23.3 Å². The number of carbonyl (C=O) groups excluding carboxylic acids is 2. The molecule has 5 heteroatoms. The molecule has 0 atom stereocenters. The molecule has 0 bridgehead atoms. The lowest BCUT2D eigenvalue weighted by Gasteiger charge is -2.36. The molecule has 1 aliphatic carbocycles. The summed E-state index contributed by atoms with van der Waals surface area (Å²) in [5.74, 6) is 0.367. The summed E-state index contributed by atoms with van der Waals surface area (Å²) in [6.07, 6.45) is 1.50. The van der Waals surface area contributed by atoms with Crippen LogP contribution < -0.4 is 9.47 Å². The molecule has 1 fully saturated rings. The van der Waals surface area contributed by atoms with Crippen LogP contribution in [0.4, 0.5) is 0 Å². The van der Waals surface area contributed by atoms with Crippen molar-refractivity contribution in [2.24, 2.45) is 16.3 Å². The largest absolute Gasteiger partial charge is 0.493 e. The Morgan fingerprint density at radius 3 is 2.00 bits per heavy atom. The fourth-order valence-electron chi connectivity index (χ4n) is 4.11. The van der Waals surface area contributed by atoms with Gasteiger partial charge in [-0.3, -0.25) is 14.6 Å². The van der Waals surface area contributed by atoms with Gasteiger partial charge in [0, 0.05) is 18.4 Å². The molecule has 1 heterocycles. The molecule has 3 rings (SSSR count). The third kappa shape index (κ3) is 3.27. The molecule has 0 amide bonds. The first-order valence-electron chi connectivity index (χ1n) is 8.97. The Morgan fingerprint density at radius 1 is 0.923 bits per heavy atom. The van der Waals surface area contributed by atoms with Crippen molar-refractivity contribution in [1.82, 2.24) is 0 Å². The summed E-state index contributed by atoms with van der Waals surface area (Å²) >= 11 is 0. The minimum atomic E-state index is -0.778. The lowest BCUT2D eigenvalue weighted by Crippen LogP contribution is -2.44. The van der Waals surface area contributed by atoms with Gasteiger partial charge in [0.15, 0.2) is 11.5 Å². The second-order valence-corrected chi connectivity index (χ2v) is 8.73. The van der Waals surface area contributed by atoms with E-state index in [2.05, 4.69) is 0 Å². The van der Waals surface area contributed by atoms with Gasteiger partial charge in [0.2, 0.25) is 0 Å². The second kappa shape index (κ2) is 6.22. The predicted octanol–water partition coefficient (Wildman–Crippen LogP) is 3.40. The van der Waals surface area contributed by atoms with Crippen LogP contribution in [0, 0.1) is 11.3 Å². The first-order chi connectivity index (χ1) is 12.1. The average Bonchev–Trinajstić information content (AvgIpc) is 2.50. The molecule has 0 spiro atoms. The van der Waals surface area contributed by atoms with Crippen LogP contribution in [0.25, 0.3) is 0 Å². The Balaban J connectivity index is 2.14. The van der Waals surface area contributed by atoms with Crippen LogP contribution in [0.15, 0.2) is 17.1 Å². The van der Waals surface area contributed by atoms with Crippen molar-refractivity contribution in [2.75, 3.05) is 14.2 Å². The van der Waals surface area contributed by atoms with Gasteiger partial charge in [-0.05, 0) is 43.4 Å². The van der Waals surface area contributed by atoms with Gasteiger partial charge < -0.3 is 9.47 Å². The zero-order chi connectivity index (χ0) is 19.3. The minimum absolute atomic E-state index is 0.0385. The van der Waals surface area contributed by atoms with Gasteiger partial charge in [-0.15, -0.1) is 0 Å². The maximum absolute atomic E-state index is 12.9. The van der Waals surface area contributed by atoms with Gasteiger partial charge in [-0.2, -0.15) is 0 Å². The van der Waals surface area contributed by atoms with Gasteiger partial charge in [-0.25, -0.2) is 0 Å². The number of ketones is 2. The van der Waals surface area contributed by atoms with E-state index < -0.39 is 5.92 Å². The molecule has 26 heavy (non-hydrogen) atoms. The topological polar surface area (TPSA) is 65.0 Å². The quantitative estimate of drug-likeness (QED) is 0.778. The maximum Gasteiger partial charge on any atom is 0.161 e. The molecule has 0 unspecified atom stereocenters. The molecular formula is C21H27NO4. The summed E-state index contributed by atoms with van der Waals surface area (Å²) in [5, 5.41) is 0. The summed E-state index contributed by atoms with van der Waals surface area (Å²) in [6, 6.07) is 3.79. The standard InChI is InChI=1S/C21H27NO4/c1-20(2)10-14(23)18(15(24)11-20)19-13-8-17(26-6)16(25-5)7-12(13)9-21(3,4)22-19/h7-8,18H,9-11H2,1-6H3. The normalized spacial score (nSPS) is 21.8. The lowest BCUT2D eigenvalue weighted by atomic mass is 9.68. The predicted molar refractivity (Wildman–Crippen MR) is 100 cm³/mol. The molecule has 0 N–H and O–H groups in total. The van der Waals surface area contributed by atoms with E-state index in [1.54, 1.807) is 14.2 Å². The molecule has 5 nitrogen and oxygen atoms in total. The van der Waals surface area contributed by atoms with E-state index in [9.17, 15) is 9.59 Å². The number of nitrogens with zero attached hydrogens (tertiary/aromatic N) is 1. The summed E-state index contributed by atoms with van der Waals surface area (Å²) in [4.78, 5) is 30.6. The average molecular weight is 357 g/mol. The number of benzene rings is 1. The number of ether oxygens (including phenoxy) is 2. The first kappa shape index (κ1) is 18.6. The summed E-state index contributed by atoms with van der Waals surface area (Å²) in [5.41, 5.74) is 1.78. The minimum Gasteiger partial charge on any atom is -0.493 e. The third-order valence-corrected chi connectivity index (χ3v) is 5.15. The molecule has 1 aliphatic heterocycles. The molecule has 1 saturated carbocycles. The number of hydrogen-bond acceptors (Lipinski definition) is 5. The number of rotatable bonds is 3. The van der Waals surface area contributed by atoms with Crippen LogP contribution in [0.1, 0.15) is 51.7 Å². The Kier molecular flexibility index (Phi) is 4.45. The highest BCUT2D eigenvalue weighted by Crippen LogP contribution is 2.41. The highest BCUT2D eigenvalue weighted by molar-refractivity contribution is 6.28. The van der Waals surface area contributed by atoms with Gasteiger partial charge in [0.1, 0.15) is 17.5 Å². The highest BCUT2D eigenvalue weighted by Gasteiger charge is 2.44. The van der Waals surface area contributed by atoms with Gasteiger partial charge >= 0.3 is 0 Å². The zero-order valence-corrected chi connectivity index (χ0v) is 16.4. The van der Waals surface area contributed by atoms with Crippen molar-refractivity contribution >= 4 is 17.3 Å². The smallest absolute Gasteiger partial charge is 0.161 e. The molecule has 2 aliphatic rings. The van der Waals surface area contributed by atoms with E-state index in [1.807, 2.05) is 39.8 Å². The maximum atomic E-state index is 12.9. The van der Waals surface area contributed by atoms with Crippen molar-refractivity contribution in [3.63, 3.8) is 0 Å². The number of fused-ring (bicyclic) bond motifs is 1. The molecular weight excluding hydrogens is 330 g/mol. The van der Waals surface area contributed by atoms with Crippen LogP contribution >= 0.6 is 0 Å². The van der Waals surface area contributed by atoms with E-state index >= 15 is 0 Å². The van der Waals surface area contributed by atoms with Crippen molar-refractivity contribution in [3.8, 4) is 11.5 Å². The fourth-order valence-corrected chi connectivity index (χ4v) is 4.11. The van der Waals surface area contributed by atoms with Crippen LogP contribution in [0.3, 0.4) is 0 Å². The molecule has 0 saturated heterocycles. The van der Waals surface area contributed by atoms with Gasteiger partial charge in [0.25, 0.3) is 0 Å². The highest BCUT2D eigenvalue weighted by atomic mass is 16.5. The van der Waals surface area contributed by atoms with Crippen molar-refractivity contribution in [2.45, 2.75) is 52.5 Å². The lowest BCUT2D eigenvalue weighted by molar-refractivity contribution is -0.136. The van der Waals surface area contributed by atoms with Crippen LogP contribution in [0.2, 0.25) is 0 Å². The Morgan fingerprint density at radius 2 is 1.46 bits per heavy atom. The van der Waals surface area contributed by atoms with Gasteiger partial charge in [-0.1, -0.05) is 13.8 Å². The molecule has 0 radical (unpaired) electrons. The van der Waals surface area contributed by atoms with E-state index in [-0.39, 0.29) is 22.5 Å².